The summed E-state index contributed by atoms with van der Waals surface area (Å²) < 4.78 is 5.69. The number of esters is 1. The Kier molecular flexibility index (Phi) is 8.18. The van der Waals surface area contributed by atoms with Crippen molar-refractivity contribution in [3.63, 3.8) is 0 Å². The predicted molar refractivity (Wildman–Crippen MR) is 110 cm³/mol. The summed E-state index contributed by atoms with van der Waals surface area (Å²) in [5, 5.41) is 2.82. The molecule has 1 aromatic heterocycles. The van der Waals surface area contributed by atoms with Gasteiger partial charge in [0.2, 0.25) is 5.91 Å². The van der Waals surface area contributed by atoms with Crippen LogP contribution in [0.2, 0.25) is 0 Å². The first-order valence-electron chi connectivity index (χ1n) is 9.88. The Morgan fingerprint density at radius 2 is 1.64 bits per heavy atom. The van der Waals surface area contributed by atoms with Gasteiger partial charge in [-0.3, -0.25) is 14.6 Å². The van der Waals surface area contributed by atoms with E-state index in [9.17, 15) is 9.59 Å². The molecule has 0 radical (unpaired) electrons. The standard InChI is InChI=1S/C23H30N2O3/c1-16(2)19-9-7-10-20(17(3)4)23(19)28-22(27)12-11-21(26)25-15-13-18-8-5-6-14-24-18/h5-10,14,16-17H,11-13,15H2,1-4H3,(H,25,26). The summed E-state index contributed by atoms with van der Waals surface area (Å²) in [7, 11) is 0. The molecule has 0 atom stereocenters. The fourth-order valence-corrected chi connectivity index (χ4v) is 2.95. The molecule has 150 valence electrons. The van der Waals surface area contributed by atoms with E-state index in [1.54, 1.807) is 6.20 Å². The number of para-hydroxylation sites is 1. The van der Waals surface area contributed by atoms with Crippen LogP contribution in [0.4, 0.5) is 0 Å². The zero-order valence-corrected chi connectivity index (χ0v) is 17.2. The van der Waals surface area contributed by atoms with Gasteiger partial charge in [-0.1, -0.05) is 52.0 Å². The third-order valence-corrected chi connectivity index (χ3v) is 4.52. The Balaban J connectivity index is 1.86. The average molecular weight is 383 g/mol. The third kappa shape index (κ3) is 6.48. The summed E-state index contributed by atoms with van der Waals surface area (Å²) in [4.78, 5) is 28.6. The van der Waals surface area contributed by atoms with E-state index in [0.29, 0.717) is 18.7 Å². The molecule has 1 N–H and O–H groups in total. The van der Waals surface area contributed by atoms with E-state index in [1.165, 1.54) is 0 Å². The van der Waals surface area contributed by atoms with Gasteiger partial charge < -0.3 is 10.1 Å². The summed E-state index contributed by atoms with van der Waals surface area (Å²) in [5.74, 6) is 0.602. The largest absolute Gasteiger partial charge is 0.426 e. The lowest BCUT2D eigenvalue weighted by molar-refractivity contribution is -0.136. The second kappa shape index (κ2) is 10.6. The number of nitrogens with one attached hydrogen (secondary N) is 1. The van der Waals surface area contributed by atoms with E-state index in [2.05, 4.69) is 38.0 Å². The topological polar surface area (TPSA) is 68.3 Å². The molecular weight excluding hydrogens is 352 g/mol. The molecule has 0 aliphatic heterocycles. The van der Waals surface area contributed by atoms with Crippen molar-refractivity contribution in [3.8, 4) is 5.75 Å². The van der Waals surface area contributed by atoms with Gasteiger partial charge in [-0.15, -0.1) is 0 Å². The second-order valence-electron chi connectivity index (χ2n) is 7.47. The van der Waals surface area contributed by atoms with E-state index in [4.69, 9.17) is 4.74 Å². The first kappa shape index (κ1) is 21.6. The summed E-state index contributed by atoms with van der Waals surface area (Å²) in [6.07, 6.45) is 2.56. The van der Waals surface area contributed by atoms with Crippen molar-refractivity contribution in [3.05, 3.63) is 59.4 Å². The zero-order valence-electron chi connectivity index (χ0n) is 17.2. The molecule has 0 fully saturated rings. The Bertz CT molecular complexity index is 759. The van der Waals surface area contributed by atoms with Gasteiger partial charge in [0.1, 0.15) is 5.75 Å². The molecule has 0 spiro atoms. The van der Waals surface area contributed by atoms with Crippen LogP contribution in [-0.2, 0) is 16.0 Å². The molecule has 0 bridgehead atoms. The minimum absolute atomic E-state index is 0.0549. The fourth-order valence-electron chi connectivity index (χ4n) is 2.95. The van der Waals surface area contributed by atoms with Crippen molar-refractivity contribution in [1.82, 2.24) is 10.3 Å². The Hall–Kier alpha value is -2.69. The van der Waals surface area contributed by atoms with Gasteiger partial charge in [-0.2, -0.15) is 0 Å². The van der Waals surface area contributed by atoms with Crippen LogP contribution in [0.3, 0.4) is 0 Å². The summed E-state index contributed by atoms with van der Waals surface area (Å²) in [6.45, 7) is 8.80. The average Bonchev–Trinajstić information content (AvgIpc) is 2.67. The molecule has 2 rings (SSSR count). The number of ether oxygens (including phenoxy) is 1. The molecule has 1 heterocycles. The Morgan fingerprint density at radius 1 is 0.964 bits per heavy atom. The number of pyridine rings is 1. The minimum atomic E-state index is -0.380. The highest BCUT2D eigenvalue weighted by molar-refractivity contribution is 5.82. The molecule has 0 saturated carbocycles. The molecule has 28 heavy (non-hydrogen) atoms. The van der Waals surface area contributed by atoms with Gasteiger partial charge in [-0.25, -0.2) is 0 Å². The van der Waals surface area contributed by atoms with Gasteiger partial charge in [0.05, 0.1) is 6.42 Å². The highest BCUT2D eigenvalue weighted by atomic mass is 16.5. The molecule has 1 amide bonds. The molecule has 0 unspecified atom stereocenters. The lowest BCUT2D eigenvalue weighted by Crippen LogP contribution is -2.26. The highest BCUT2D eigenvalue weighted by Crippen LogP contribution is 2.34. The van der Waals surface area contributed by atoms with E-state index < -0.39 is 0 Å². The number of amides is 1. The van der Waals surface area contributed by atoms with Crippen LogP contribution < -0.4 is 10.1 Å². The quantitative estimate of drug-likeness (QED) is 0.516. The van der Waals surface area contributed by atoms with Crippen LogP contribution in [0.25, 0.3) is 0 Å². The number of carbonyl (C=O) groups is 2. The summed E-state index contributed by atoms with van der Waals surface area (Å²) >= 11 is 0. The zero-order chi connectivity index (χ0) is 20.5. The van der Waals surface area contributed by atoms with Crippen molar-refractivity contribution < 1.29 is 14.3 Å². The summed E-state index contributed by atoms with van der Waals surface area (Å²) in [6, 6.07) is 11.7. The van der Waals surface area contributed by atoms with Crippen molar-refractivity contribution in [2.45, 2.75) is 58.8 Å². The normalized spacial score (nSPS) is 10.9. The maximum atomic E-state index is 12.3. The molecule has 2 aromatic rings. The number of benzene rings is 1. The number of hydrogen-bond acceptors (Lipinski definition) is 4. The van der Waals surface area contributed by atoms with Crippen LogP contribution in [-0.4, -0.2) is 23.4 Å². The van der Waals surface area contributed by atoms with Crippen molar-refractivity contribution >= 4 is 11.9 Å². The number of carbonyl (C=O) groups excluding carboxylic acids is 2. The lowest BCUT2D eigenvalue weighted by atomic mass is 9.94. The molecule has 0 saturated heterocycles. The van der Waals surface area contributed by atoms with Gasteiger partial charge in [0, 0.05) is 31.3 Å². The predicted octanol–water partition coefficient (Wildman–Crippen LogP) is 4.37. The monoisotopic (exact) mass is 382 g/mol. The van der Waals surface area contributed by atoms with E-state index in [-0.39, 0.29) is 36.6 Å². The van der Waals surface area contributed by atoms with Crippen LogP contribution >= 0.6 is 0 Å². The molecule has 0 aliphatic carbocycles. The maximum absolute atomic E-state index is 12.3. The van der Waals surface area contributed by atoms with Gasteiger partial charge in [-0.05, 0) is 35.1 Å². The Morgan fingerprint density at radius 3 is 2.21 bits per heavy atom. The van der Waals surface area contributed by atoms with Crippen molar-refractivity contribution in [2.75, 3.05) is 6.54 Å². The number of rotatable bonds is 9. The van der Waals surface area contributed by atoms with Gasteiger partial charge in [0.15, 0.2) is 0 Å². The van der Waals surface area contributed by atoms with E-state index >= 15 is 0 Å². The van der Waals surface area contributed by atoms with E-state index in [1.807, 2.05) is 36.4 Å². The molecular formula is C23H30N2O3. The Labute approximate surface area is 167 Å². The second-order valence-corrected chi connectivity index (χ2v) is 7.47. The number of hydrogen-bond donors (Lipinski definition) is 1. The molecule has 5 nitrogen and oxygen atoms in total. The molecule has 5 heteroatoms. The maximum Gasteiger partial charge on any atom is 0.311 e. The number of nitrogens with zero attached hydrogens (tertiary/aromatic N) is 1. The SMILES string of the molecule is CC(C)c1cccc(C(C)C)c1OC(=O)CCC(=O)NCCc1ccccn1. The van der Waals surface area contributed by atoms with Crippen molar-refractivity contribution in [2.24, 2.45) is 0 Å². The van der Waals surface area contributed by atoms with Gasteiger partial charge in [0.25, 0.3) is 0 Å². The van der Waals surface area contributed by atoms with Crippen LogP contribution in [0.1, 0.15) is 69.2 Å². The molecule has 0 aliphatic rings. The third-order valence-electron chi connectivity index (χ3n) is 4.52. The van der Waals surface area contributed by atoms with Crippen LogP contribution in [0.15, 0.2) is 42.6 Å². The van der Waals surface area contributed by atoms with Crippen LogP contribution in [0, 0.1) is 0 Å². The number of aromatic nitrogens is 1. The lowest BCUT2D eigenvalue weighted by Gasteiger charge is -2.18. The first-order valence-corrected chi connectivity index (χ1v) is 9.88. The smallest absolute Gasteiger partial charge is 0.311 e. The molecule has 1 aromatic carbocycles. The highest BCUT2D eigenvalue weighted by Gasteiger charge is 2.18. The fraction of sp³-hybridized carbons (Fsp3) is 0.435. The summed E-state index contributed by atoms with van der Waals surface area (Å²) in [5.41, 5.74) is 2.95. The first-order chi connectivity index (χ1) is 13.4. The van der Waals surface area contributed by atoms with Crippen molar-refractivity contribution in [1.29, 1.82) is 0 Å². The van der Waals surface area contributed by atoms with Gasteiger partial charge >= 0.3 is 5.97 Å². The van der Waals surface area contributed by atoms with Crippen LogP contribution in [0.5, 0.6) is 5.75 Å². The van der Waals surface area contributed by atoms with E-state index in [0.717, 1.165) is 16.8 Å². The minimum Gasteiger partial charge on any atom is -0.426 e.